The van der Waals surface area contributed by atoms with E-state index in [0.29, 0.717) is 12.5 Å². The third-order valence-electron chi connectivity index (χ3n) is 4.54. The summed E-state index contributed by atoms with van der Waals surface area (Å²) in [5, 5.41) is 0. The van der Waals surface area contributed by atoms with Crippen LogP contribution in [-0.4, -0.2) is 12.5 Å². The second-order valence-corrected chi connectivity index (χ2v) is 6.10. The maximum Gasteiger partial charge on any atom is 0.119 e. The van der Waals surface area contributed by atoms with E-state index in [4.69, 9.17) is 16.3 Å². The molecule has 0 saturated heterocycles. The molecule has 0 amide bonds. The summed E-state index contributed by atoms with van der Waals surface area (Å²) in [7, 11) is 0. The number of hydrogen-bond acceptors (Lipinski definition) is 1. The lowest BCUT2D eigenvalue weighted by Crippen LogP contribution is -2.34. The van der Waals surface area contributed by atoms with E-state index < -0.39 is 0 Å². The fourth-order valence-corrected chi connectivity index (χ4v) is 3.77. The Morgan fingerprint density at radius 2 is 1.76 bits per heavy atom. The summed E-state index contributed by atoms with van der Waals surface area (Å²) in [6.07, 6.45) is 4.53. The van der Waals surface area contributed by atoms with Gasteiger partial charge in [-0.15, -0.1) is 11.6 Å². The van der Waals surface area contributed by atoms with Crippen molar-refractivity contribution in [2.24, 2.45) is 0 Å². The fraction of sp³-hybridized carbons (Fsp3) is 0.368. The first kappa shape index (κ1) is 14.5. The van der Waals surface area contributed by atoms with Crippen LogP contribution in [0.15, 0.2) is 54.6 Å². The third-order valence-corrected chi connectivity index (χ3v) is 5.05. The van der Waals surface area contributed by atoms with Crippen LogP contribution in [0, 0.1) is 0 Å². The van der Waals surface area contributed by atoms with Crippen molar-refractivity contribution in [3.05, 3.63) is 65.7 Å². The minimum absolute atomic E-state index is 0.0746. The number of benzene rings is 2. The molecule has 1 nitrogen and oxygen atoms in total. The summed E-state index contributed by atoms with van der Waals surface area (Å²) in [4.78, 5) is 0. The molecule has 1 atom stereocenters. The Hall–Kier alpha value is -1.47. The van der Waals surface area contributed by atoms with Crippen LogP contribution >= 0.6 is 11.6 Å². The summed E-state index contributed by atoms with van der Waals surface area (Å²) < 4.78 is 5.89. The minimum atomic E-state index is 0.0746. The van der Waals surface area contributed by atoms with E-state index in [0.717, 1.165) is 18.6 Å². The number of halogens is 1. The van der Waals surface area contributed by atoms with E-state index in [1.807, 2.05) is 30.3 Å². The number of para-hydroxylation sites is 1. The van der Waals surface area contributed by atoms with Crippen molar-refractivity contribution >= 4 is 11.6 Å². The molecule has 0 aliphatic heterocycles. The lowest BCUT2D eigenvalue weighted by molar-refractivity contribution is 0.250. The Morgan fingerprint density at radius 1 is 1.00 bits per heavy atom. The summed E-state index contributed by atoms with van der Waals surface area (Å²) >= 11 is 6.39. The number of ether oxygens (including phenoxy) is 1. The van der Waals surface area contributed by atoms with E-state index in [-0.39, 0.29) is 5.41 Å². The summed E-state index contributed by atoms with van der Waals surface area (Å²) in [6.45, 7) is 0.713. The SMILES string of the molecule is ClCC1(CCOc2ccccc2)CCCc2ccccc21. The van der Waals surface area contributed by atoms with Gasteiger partial charge >= 0.3 is 0 Å². The predicted molar refractivity (Wildman–Crippen MR) is 88.3 cm³/mol. The lowest BCUT2D eigenvalue weighted by atomic mass is 9.69. The highest BCUT2D eigenvalue weighted by atomic mass is 35.5. The van der Waals surface area contributed by atoms with E-state index in [2.05, 4.69) is 24.3 Å². The quantitative estimate of drug-likeness (QED) is 0.709. The molecule has 0 aromatic heterocycles. The Morgan fingerprint density at radius 3 is 2.57 bits per heavy atom. The van der Waals surface area contributed by atoms with Crippen LogP contribution in [0.4, 0.5) is 0 Å². The number of alkyl halides is 1. The Kier molecular flexibility index (Phi) is 4.50. The molecule has 0 fully saturated rings. The number of rotatable bonds is 5. The molecule has 0 saturated carbocycles. The zero-order valence-corrected chi connectivity index (χ0v) is 13.0. The van der Waals surface area contributed by atoms with Crippen LogP contribution in [0.5, 0.6) is 5.75 Å². The zero-order chi connectivity index (χ0) is 14.5. The highest BCUT2D eigenvalue weighted by molar-refractivity contribution is 6.18. The first-order valence-corrected chi connectivity index (χ1v) is 8.20. The van der Waals surface area contributed by atoms with Gasteiger partial charge in [-0.3, -0.25) is 0 Å². The van der Waals surface area contributed by atoms with Gasteiger partial charge in [-0.05, 0) is 48.9 Å². The molecule has 1 aliphatic carbocycles. The van der Waals surface area contributed by atoms with E-state index in [9.17, 15) is 0 Å². The number of aryl methyl sites for hydroxylation is 1. The summed E-state index contributed by atoms with van der Waals surface area (Å²) in [5.41, 5.74) is 2.97. The average molecular weight is 301 g/mol. The summed E-state index contributed by atoms with van der Waals surface area (Å²) in [5.74, 6) is 1.61. The molecule has 2 heteroatoms. The lowest BCUT2D eigenvalue weighted by Gasteiger charge is -2.37. The third kappa shape index (κ3) is 3.08. The van der Waals surface area contributed by atoms with Gasteiger partial charge in [0.2, 0.25) is 0 Å². The normalized spacial score (nSPS) is 20.8. The minimum Gasteiger partial charge on any atom is -0.494 e. The largest absolute Gasteiger partial charge is 0.494 e. The first-order chi connectivity index (χ1) is 10.3. The van der Waals surface area contributed by atoms with Crippen molar-refractivity contribution in [2.45, 2.75) is 31.1 Å². The maximum absolute atomic E-state index is 6.39. The standard InChI is InChI=1S/C19H21ClO/c20-15-19(13-14-21-17-9-2-1-3-10-17)12-6-8-16-7-4-5-11-18(16)19/h1-5,7,9-11H,6,8,12-15H2. The molecular formula is C19H21ClO. The molecule has 0 heterocycles. The van der Waals surface area contributed by atoms with Gasteiger partial charge in [0.05, 0.1) is 6.61 Å². The van der Waals surface area contributed by atoms with Crippen molar-refractivity contribution in [3.8, 4) is 5.75 Å². The maximum atomic E-state index is 6.39. The van der Waals surface area contributed by atoms with Crippen molar-refractivity contribution in [1.82, 2.24) is 0 Å². The van der Waals surface area contributed by atoms with Gasteiger partial charge in [-0.2, -0.15) is 0 Å². The van der Waals surface area contributed by atoms with Gasteiger partial charge in [-0.25, -0.2) is 0 Å². The number of fused-ring (bicyclic) bond motifs is 1. The Bertz CT molecular complexity index is 581. The van der Waals surface area contributed by atoms with Gasteiger partial charge in [0.1, 0.15) is 5.75 Å². The first-order valence-electron chi connectivity index (χ1n) is 7.66. The predicted octanol–water partition coefficient (Wildman–Crippen LogP) is 4.97. The molecule has 0 N–H and O–H groups in total. The molecule has 3 rings (SSSR count). The molecule has 0 spiro atoms. The Balaban J connectivity index is 1.73. The second-order valence-electron chi connectivity index (χ2n) is 5.84. The second kappa shape index (κ2) is 6.53. The topological polar surface area (TPSA) is 9.23 Å². The monoisotopic (exact) mass is 300 g/mol. The van der Waals surface area contributed by atoms with E-state index in [1.54, 1.807) is 0 Å². The molecule has 1 aliphatic rings. The average Bonchev–Trinajstić information content (AvgIpc) is 2.56. The van der Waals surface area contributed by atoms with Crippen LogP contribution in [0.3, 0.4) is 0 Å². The smallest absolute Gasteiger partial charge is 0.119 e. The van der Waals surface area contributed by atoms with Gasteiger partial charge in [0.25, 0.3) is 0 Å². The van der Waals surface area contributed by atoms with Crippen molar-refractivity contribution < 1.29 is 4.74 Å². The molecular weight excluding hydrogens is 280 g/mol. The zero-order valence-electron chi connectivity index (χ0n) is 12.2. The molecule has 2 aromatic rings. The van der Waals surface area contributed by atoms with Gasteiger partial charge in [-0.1, -0.05) is 42.5 Å². The fourth-order valence-electron chi connectivity index (χ4n) is 3.35. The van der Waals surface area contributed by atoms with Gasteiger partial charge in [0.15, 0.2) is 0 Å². The molecule has 0 radical (unpaired) electrons. The van der Waals surface area contributed by atoms with Crippen LogP contribution in [-0.2, 0) is 11.8 Å². The molecule has 0 bridgehead atoms. The molecule has 110 valence electrons. The Labute approximate surface area is 131 Å². The van der Waals surface area contributed by atoms with E-state index >= 15 is 0 Å². The van der Waals surface area contributed by atoms with Crippen LogP contribution in [0.25, 0.3) is 0 Å². The molecule has 21 heavy (non-hydrogen) atoms. The van der Waals surface area contributed by atoms with Crippen molar-refractivity contribution in [2.75, 3.05) is 12.5 Å². The van der Waals surface area contributed by atoms with Crippen LogP contribution in [0.2, 0.25) is 0 Å². The highest BCUT2D eigenvalue weighted by Crippen LogP contribution is 2.41. The van der Waals surface area contributed by atoms with Gasteiger partial charge in [0, 0.05) is 11.3 Å². The van der Waals surface area contributed by atoms with Crippen LogP contribution < -0.4 is 4.74 Å². The summed E-state index contributed by atoms with van der Waals surface area (Å²) in [6, 6.07) is 18.8. The van der Waals surface area contributed by atoms with E-state index in [1.165, 1.54) is 24.0 Å². The van der Waals surface area contributed by atoms with Crippen molar-refractivity contribution in [3.63, 3.8) is 0 Å². The number of hydrogen-bond donors (Lipinski definition) is 0. The molecule has 1 unspecified atom stereocenters. The molecule has 2 aromatic carbocycles. The highest BCUT2D eigenvalue weighted by Gasteiger charge is 2.35. The van der Waals surface area contributed by atoms with Crippen LogP contribution in [0.1, 0.15) is 30.4 Å². The van der Waals surface area contributed by atoms with Crippen molar-refractivity contribution in [1.29, 1.82) is 0 Å². The van der Waals surface area contributed by atoms with Gasteiger partial charge < -0.3 is 4.74 Å².